The van der Waals surface area contributed by atoms with E-state index in [2.05, 4.69) is 5.10 Å². The summed E-state index contributed by atoms with van der Waals surface area (Å²) >= 11 is 0. The van der Waals surface area contributed by atoms with Crippen LogP contribution < -0.4 is 5.56 Å². The summed E-state index contributed by atoms with van der Waals surface area (Å²) < 4.78 is 1.27. The summed E-state index contributed by atoms with van der Waals surface area (Å²) in [4.78, 5) is 23.0. The van der Waals surface area contributed by atoms with E-state index in [9.17, 15) is 9.59 Å². The Balaban J connectivity index is 3.37. The first-order chi connectivity index (χ1) is 8.27. The molecule has 0 amide bonds. The third kappa shape index (κ3) is 3.18. The summed E-state index contributed by atoms with van der Waals surface area (Å²) in [7, 11) is 0. The van der Waals surface area contributed by atoms with Gasteiger partial charge in [-0.3, -0.25) is 4.79 Å². The van der Waals surface area contributed by atoms with Crippen LogP contribution in [0.2, 0.25) is 0 Å². The average Bonchev–Trinajstić information content (AvgIpc) is 2.25. The van der Waals surface area contributed by atoms with Crippen LogP contribution in [-0.2, 0) is 12.0 Å². The van der Waals surface area contributed by atoms with Gasteiger partial charge >= 0.3 is 5.97 Å². The van der Waals surface area contributed by atoms with E-state index in [0.29, 0.717) is 12.2 Å². The first-order valence-corrected chi connectivity index (χ1v) is 6.13. The smallest absolute Gasteiger partial charge is 0.341 e. The number of carboxylic acids is 1. The highest BCUT2D eigenvalue weighted by Crippen LogP contribution is 2.19. The molecule has 100 valence electrons. The molecule has 18 heavy (non-hydrogen) atoms. The largest absolute Gasteiger partial charge is 0.477 e. The molecule has 0 saturated carbocycles. The number of hydrogen-bond donors (Lipinski definition) is 1. The van der Waals surface area contributed by atoms with Gasteiger partial charge in [0.2, 0.25) is 0 Å². The molecule has 0 aromatic carbocycles. The van der Waals surface area contributed by atoms with E-state index in [1.54, 1.807) is 0 Å². The molecule has 0 radical (unpaired) electrons. The highest BCUT2D eigenvalue weighted by atomic mass is 16.4. The van der Waals surface area contributed by atoms with Crippen LogP contribution in [0.1, 0.15) is 56.6 Å². The molecule has 1 aromatic rings. The Hall–Kier alpha value is -1.65. The zero-order valence-corrected chi connectivity index (χ0v) is 11.4. The zero-order valence-electron chi connectivity index (χ0n) is 11.4. The van der Waals surface area contributed by atoms with Gasteiger partial charge in [-0.05, 0) is 12.5 Å². The van der Waals surface area contributed by atoms with Crippen molar-refractivity contribution in [2.75, 3.05) is 0 Å². The third-order valence-electron chi connectivity index (χ3n) is 2.70. The lowest BCUT2D eigenvalue weighted by Crippen LogP contribution is -2.32. The SMILES string of the molecule is CCCCn1nc(C(C)(C)C)cc(C(=O)O)c1=O. The van der Waals surface area contributed by atoms with Crippen LogP contribution in [0.5, 0.6) is 0 Å². The molecule has 1 heterocycles. The van der Waals surface area contributed by atoms with Crippen molar-refractivity contribution in [1.29, 1.82) is 0 Å². The van der Waals surface area contributed by atoms with E-state index in [0.717, 1.165) is 12.8 Å². The fourth-order valence-corrected chi connectivity index (χ4v) is 1.52. The van der Waals surface area contributed by atoms with Gasteiger partial charge in [0.15, 0.2) is 0 Å². The van der Waals surface area contributed by atoms with Crippen molar-refractivity contribution in [3.63, 3.8) is 0 Å². The van der Waals surface area contributed by atoms with Gasteiger partial charge in [-0.15, -0.1) is 0 Å². The molecule has 0 aliphatic heterocycles. The molecule has 1 aromatic heterocycles. The lowest BCUT2D eigenvalue weighted by molar-refractivity contribution is 0.0693. The van der Waals surface area contributed by atoms with Crippen molar-refractivity contribution >= 4 is 5.97 Å². The Kier molecular flexibility index (Phi) is 4.27. The van der Waals surface area contributed by atoms with E-state index in [-0.39, 0.29) is 11.0 Å². The first-order valence-electron chi connectivity index (χ1n) is 6.13. The molecule has 0 bridgehead atoms. The molecule has 5 nitrogen and oxygen atoms in total. The standard InChI is InChI=1S/C13H20N2O3/c1-5-6-7-15-11(16)9(12(17)18)8-10(14-15)13(2,3)4/h8H,5-7H2,1-4H3,(H,17,18). The predicted molar refractivity (Wildman–Crippen MR) is 69.1 cm³/mol. The molecule has 0 unspecified atom stereocenters. The Bertz CT molecular complexity index is 498. The molecule has 0 atom stereocenters. The van der Waals surface area contributed by atoms with Gasteiger partial charge in [-0.2, -0.15) is 5.10 Å². The van der Waals surface area contributed by atoms with E-state index in [1.807, 2.05) is 27.7 Å². The average molecular weight is 252 g/mol. The highest BCUT2D eigenvalue weighted by Gasteiger charge is 2.21. The second kappa shape index (κ2) is 5.33. The summed E-state index contributed by atoms with van der Waals surface area (Å²) in [5, 5.41) is 13.3. The number of aromatic nitrogens is 2. The maximum Gasteiger partial charge on any atom is 0.341 e. The van der Waals surface area contributed by atoms with Gasteiger partial charge in [0.25, 0.3) is 5.56 Å². The Labute approximate surface area is 106 Å². The van der Waals surface area contributed by atoms with Gasteiger partial charge in [0.05, 0.1) is 5.69 Å². The molecule has 0 aliphatic rings. The lowest BCUT2D eigenvalue weighted by Gasteiger charge is -2.19. The first kappa shape index (κ1) is 14.4. The third-order valence-corrected chi connectivity index (χ3v) is 2.70. The maximum atomic E-state index is 11.9. The van der Waals surface area contributed by atoms with Gasteiger partial charge in [-0.25, -0.2) is 9.48 Å². The molecular formula is C13H20N2O3. The van der Waals surface area contributed by atoms with Crippen molar-refractivity contribution in [3.8, 4) is 0 Å². The molecule has 1 rings (SSSR count). The minimum absolute atomic E-state index is 0.203. The maximum absolute atomic E-state index is 11.9. The van der Waals surface area contributed by atoms with E-state index >= 15 is 0 Å². The normalized spacial score (nSPS) is 11.6. The molecule has 0 fully saturated rings. The summed E-state index contributed by atoms with van der Waals surface area (Å²) in [6.07, 6.45) is 1.73. The number of unbranched alkanes of at least 4 members (excludes halogenated alkanes) is 1. The van der Waals surface area contributed by atoms with Gasteiger partial charge < -0.3 is 5.11 Å². The van der Waals surface area contributed by atoms with Crippen LogP contribution in [0.4, 0.5) is 0 Å². The van der Waals surface area contributed by atoms with Crippen LogP contribution >= 0.6 is 0 Å². The number of carbonyl (C=O) groups is 1. The number of nitrogens with zero attached hydrogens (tertiary/aromatic N) is 2. The van der Waals surface area contributed by atoms with Crippen LogP contribution in [0.3, 0.4) is 0 Å². The molecule has 0 aliphatic carbocycles. The van der Waals surface area contributed by atoms with Crippen molar-refractivity contribution in [1.82, 2.24) is 9.78 Å². The summed E-state index contributed by atoms with van der Waals surface area (Å²) in [5.41, 5.74) is -0.392. The minimum atomic E-state index is -1.20. The molecule has 0 saturated heterocycles. The zero-order chi connectivity index (χ0) is 13.9. The van der Waals surface area contributed by atoms with Gasteiger partial charge in [0, 0.05) is 12.0 Å². The van der Waals surface area contributed by atoms with Crippen LogP contribution in [-0.4, -0.2) is 20.9 Å². The second-order valence-electron chi connectivity index (χ2n) is 5.38. The topological polar surface area (TPSA) is 72.2 Å². The lowest BCUT2D eigenvalue weighted by atomic mass is 9.91. The van der Waals surface area contributed by atoms with Crippen molar-refractivity contribution in [2.24, 2.45) is 0 Å². The Morgan fingerprint density at radius 1 is 1.44 bits per heavy atom. The molecular weight excluding hydrogens is 232 g/mol. The monoisotopic (exact) mass is 252 g/mol. The molecule has 0 spiro atoms. The van der Waals surface area contributed by atoms with Crippen molar-refractivity contribution < 1.29 is 9.90 Å². The Morgan fingerprint density at radius 3 is 2.50 bits per heavy atom. The van der Waals surface area contributed by atoms with E-state index in [1.165, 1.54) is 10.7 Å². The molecule has 5 heteroatoms. The number of carboxylic acid groups (broad SMARTS) is 1. The second-order valence-corrected chi connectivity index (χ2v) is 5.38. The van der Waals surface area contributed by atoms with Crippen LogP contribution in [0.25, 0.3) is 0 Å². The number of aromatic carboxylic acids is 1. The van der Waals surface area contributed by atoms with Gasteiger partial charge in [-0.1, -0.05) is 34.1 Å². The fraction of sp³-hybridized carbons (Fsp3) is 0.615. The van der Waals surface area contributed by atoms with Crippen LogP contribution in [0, 0.1) is 0 Å². The van der Waals surface area contributed by atoms with Crippen molar-refractivity contribution in [3.05, 3.63) is 27.7 Å². The fourth-order valence-electron chi connectivity index (χ4n) is 1.52. The summed E-state index contributed by atoms with van der Waals surface area (Å²) in [5.74, 6) is -1.20. The van der Waals surface area contributed by atoms with E-state index in [4.69, 9.17) is 5.11 Å². The van der Waals surface area contributed by atoms with E-state index < -0.39 is 11.5 Å². The van der Waals surface area contributed by atoms with Gasteiger partial charge in [0.1, 0.15) is 5.56 Å². The van der Waals surface area contributed by atoms with Crippen molar-refractivity contribution in [2.45, 2.75) is 52.5 Å². The number of hydrogen-bond acceptors (Lipinski definition) is 3. The highest BCUT2D eigenvalue weighted by molar-refractivity contribution is 5.87. The quantitative estimate of drug-likeness (QED) is 0.890. The Morgan fingerprint density at radius 2 is 2.06 bits per heavy atom. The molecule has 1 N–H and O–H groups in total. The summed E-state index contributed by atoms with van der Waals surface area (Å²) in [6.45, 7) is 8.29. The minimum Gasteiger partial charge on any atom is -0.477 e. The number of aryl methyl sites for hydroxylation is 1. The summed E-state index contributed by atoms with van der Waals surface area (Å²) in [6, 6.07) is 1.38. The number of rotatable bonds is 4. The van der Waals surface area contributed by atoms with Crippen LogP contribution in [0.15, 0.2) is 10.9 Å². The predicted octanol–water partition coefficient (Wildman–Crippen LogP) is 2.04.